The third-order valence-electron chi connectivity index (χ3n) is 5.08. The number of hydrogen-bond acceptors (Lipinski definition) is 6. The molecule has 3 heterocycles. The van der Waals surface area contributed by atoms with Gasteiger partial charge in [0.25, 0.3) is 0 Å². The molecule has 5 nitrogen and oxygen atoms in total. The molecule has 0 bridgehead atoms. The maximum absolute atomic E-state index is 13.3. The highest BCUT2D eigenvalue weighted by Gasteiger charge is 2.24. The number of aromatic nitrogens is 2. The average molecular weight is 393 g/mol. The van der Waals surface area contributed by atoms with Crippen LogP contribution in [0.2, 0.25) is 0 Å². The number of anilines is 1. The smallest absolute Gasteiger partial charge is 0.205 e. The van der Waals surface area contributed by atoms with Crippen molar-refractivity contribution in [3.63, 3.8) is 0 Å². The minimum Gasteiger partial charge on any atom is -0.370 e. The minimum atomic E-state index is -0.791. The molecule has 1 unspecified atom stereocenters. The van der Waals surface area contributed by atoms with E-state index in [1.807, 2.05) is 0 Å². The van der Waals surface area contributed by atoms with Crippen molar-refractivity contribution in [2.24, 2.45) is 0 Å². The number of rotatable bonds is 5. The first-order chi connectivity index (χ1) is 13.2. The van der Waals surface area contributed by atoms with E-state index in [0.29, 0.717) is 0 Å². The zero-order valence-electron chi connectivity index (χ0n) is 15.1. The van der Waals surface area contributed by atoms with Crippen LogP contribution in [0, 0.1) is 18.1 Å². The van der Waals surface area contributed by atoms with Gasteiger partial charge in [0.1, 0.15) is 6.10 Å². The lowest BCUT2D eigenvalue weighted by Crippen LogP contribution is -2.47. The largest absolute Gasteiger partial charge is 0.370 e. The fourth-order valence-electron chi connectivity index (χ4n) is 3.44. The number of ether oxygens (including phenoxy) is 1. The van der Waals surface area contributed by atoms with Gasteiger partial charge in [0, 0.05) is 50.9 Å². The Balaban J connectivity index is 1.26. The van der Waals surface area contributed by atoms with Gasteiger partial charge in [-0.1, -0.05) is 6.07 Å². The van der Waals surface area contributed by atoms with Gasteiger partial charge in [-0.2, -0.15) is 4.37 Å². The molecule has 0 aliphatic carbocycles. The van der Waals surface area contributed by atoms with E-state index in [4.69, 9.17) is 4.74 Å². The molecule has 1 atom stereocenters. The van der Waals surface area contributed by atoms with Gasteiger partial charge in [0.15, 0.2) is 17.5 Å². The molecule has 2 fully saturated rings. The van der Waals surface area contributed by atoms with Gasteiger partial charge in [0.05, 0.1) is 0 Å². The van der Waals surface area contributed by atoms with Crippen LogP contribution in [-0.2, 0) is 11.2 Å². The second-order valence-electron chi connectivity index (χ2n) is 6.93. The summed E-state index contributed by atoms with van der Waals surface area (Å²) in [4.78, 5) is 9.30. The molecule has 2 saturated heterocycles. The first-order valence-corrected chi connectivity index (χ1v) is 10.1. The molecular weight excluding hydrogens is 370 g/mol. The summed E-state index contributed by atoms with van der Waals surface area (Å²) in [5, 5.41) is 0.958. The standard InChI is InChI=1S/C19H23F2N4OS/c20-15-5-4-14(13-16(15)21)6-7-24-8-10-25(11-9-24)19-22-18(23-27-19)17-3-1-2-12-26-17/h1,4-5,13,17H,2-3,6-12H2. The molecule has 145 valence electrons. The van der Waals surface area contributed by atoms with Crippen LogP contribution in [0.3, 0.4) is 0 Å². The summed E-state index contributed by atoms with van der Waals surface area (Å²) in [6.07, 6.45) is 4.84. The maximum Gasteiger partial charge on any atom is 0.205 e. The van der Waals surface area contributed by atoms with E-state index >= 15 is 0 Å². The fraction of sp³-hybridized carbons (Fsp3) is 0.526. The van der Waals surface area contributed by atoms with Crippen LogP contribution in [0.25, 0.3) is 0 Å². The highest BCUT2D eigenvalue weighted by Crippen LogP contribution is 2.29. The van der Waals surface area contributed by atoms with Crippen molar-refractivity contribution >= 4 is 16.7 Å². The van der Waals surface area contributed by atoms with E-state index in [1.54, 1.807) is 6.07 Å². The van der Waals surface area contributed by atoms with Crippen molar-refractivity contribution < 1.29 is 13.5 Å². The summed E-state index contributed by atoms with van der Waals surface area (Å²) >= 11 is 1.44. The molecule has 1 aromatic carbocycles. The van der Waals surface area contributed by atoms with E-state index < -0.39 is 11.6 Å². The monoisotopic (exact) mass is 393 g/mol. The van der Waals surface area contributed by atoms with Crippen LogP contribution in [0.15, 0.2) is 18.2 Å². The van der Waals surface area contributed by atoms with Crippen LogP contribution >= 0.6 is 11.5 Å². The topological polar surface area (TPSA) is 41.5 Å². The molecule has 0 amide bonds. The molecule has 2 aliphatic rings. The van der Waals surface area contributed by atoms with Crippen LogP contribution in [0.1, 0.15) is 30.3 Å². The second-order valence-corrected chi connectivity index (χ2v) is 7.67. The van der Waals surface area contributed by atoms with Crippen molar-refractivity contribution in [2.75, 3.05) is 44.2 Å². The summed E-state index contributed by atoms with van der Waals surface area (Å²) in [7, 11) is 0. The third-order valence-corrected chi connectivity index (χ3v) is 5.88. The van der Waals surface area contributed by atoms with Gasteiger partial charge < -0.3 is 9.64 Å². The number of nitrogens with zero attached hydrogens (tertiary/aromatic N) is 4. The molecule has 4 rings (SSSR count). The fourth-order valence-corrected chi connectivity index (χ4v) is 4.21. The molecule has 0 saturated carbocycles. The molecule has 8 heteroatoms. The van der Waals surface area contributed by atoms with Crippen LogP contribution in [0.4, 0.5) is 13.9 Å². The molecule has 0 spiro atoms. The van der Waals surface area contributed by atoms with E-state index in [0.717, 1.165) is 75.1 Å². The van der Waals surface area contributed by atoms with Gasteiger partial charge in [-0.15, -0.1) is 0 Å². The van der Waals surface area contributed by atoms with E-state index in [2.05, 4.69) is 25.6 Å². The van der Waals surface area contributed by atoms with Crippen molar-refractivity contribution in [1.82, 2.24) is 14.3 Å². The first kappa shape index (κ1) is 18.7. The zero-order valence-corrected chi connectivity index (χ0v) is 15.9. The van der Waals surface area contributed by atoms with Crippen molar-refractivity contribution in [2.45, 2.75) is 25.4 Å². The number of hydrogen-bond donors (Lipinski definition) is 0. The van der Waals surface area contributed by atoms with Crippen LogP contribution in [0.5, 0.6) is 0 Å². The second kappa shape index (κ2) is 8.58. The van der Waals surface area contributed by atoms with Gasteiger partial charge >= 0.3 is 0 Å². The number of piperazine rings is 1. The van der Waals surface area contributed by atoms with Crippen molar-refractivity contribution in [1.29, 1.82) is 0 Å². The molecular formula is C19H23F2N4OS. The zero-order chi connectivity index (χ0) is 18.6. The summed E-state index contributed by atoms with van der Waals surface area (Å²) in [5.41, 5.74) is 0.828. The Kier molecular flexibility index (Phi) is 5.95. The van der Waals surface area contributed by atoms with E-state index in [1.165, 1.54) is 23.7 Å². The Morgan fingerprint density at radius 1 is 1.15 bits per heavy atom. The summed E-state index contributed by atoms with van der Waals surface area (Å²) in [6.45, 7) is 5.22. The first-order valence-electron chi connectivity index (χ1n) is 9.37. The third kappa shape index (κ3) is 4.62. The SMILES string of the molecule is Fc1ccc(CCN2CCN(c3nc(C4C[CH]CCO4)ns3)CC2)cc1F. The lowest BCUT2D eigenvalue weighted by Gasteiger charge is -2.34. The van der Waals surface area contributed by atoms with E-state index in [9.17, 15) is 8.78 Å². The molecule has 2 aliphatic heterocycles. The summed E-state index contributed by atoms with van der Waals surface area (Å²) in [6, 6.07) is 4.14. The Hall–Kier alpha value is -1.64. The Labute approximate surface area is 162 Å². The Morgan fingerprint density at radius 2 is 2.00 bits per heavy atom. The highest BCUT2D eigenvalue weighted by atomic mass is 32.1. The van der Waals surface area contributed by atoms with Gasteiger partial charge in [-0.3, -0.25) is 4.90 Å². The van der Waals surface area contributed by atoms with Crippen LogP contribution in [-0.4, -0.2) is 53.6 Å². The number of benzene rings is 1. The predicted octanol–water partition coefficient (Wildman–Crippen LogP) is 3.24. The van der Waals surface area contributed by atoms with Gasteiger partial charge in [-0.05, 0) is 43.4 Å². The molecule has 1 aromatic heterocycles. The minimum absolute atomic E-state index is 0.00106. The molecule has 2 aromatic rings. The molecule has 27 heavy (non-hydrogen) atoms. The maximum atomic E-state index is 13.3. The Bertz CT molecular complexity index is 758. The average Bonchev–Trinajstić information content (AvgIpc) is 3.20. The highest BCUT2D eigenvalue weighted by molar-refractivity contribution is 7.09. The normalized spacial score (nSPS) is 21.6. The quantitative estimate of drug-likeness (QED) is 0.780. The van der Waals surface area contributed by atoms with Crippen molar-refractivity contribution in [3.8, 4) is 0 Å². The molecule has 1 radical (unpaired) electrons. The summed E-state index contributed by atoms with van der Waals surface area (Å²) < 4.78 is 36.5. The Morgan fingerprint density at radius 3 is 2.74 bits per heavy atom. The summed E-state index contributed by atoms with van der Waals surface area (Å²) in [5.74, 6) is -0.768. The van der Waals surface area contributed by atoms with Gasteiger partial charge in [-0.25, -0.2) is 13.8 Å². The van der Waals surface area contributed by atoms with Crippen LogP contribution < -0.4 is 4.90 Å². The van der Waals surface area contributed by atoms with Crippen molar-refractivity contribution in [3.05, 3.63) is 47.6 Å². The lowest BCUT2D eigenvalue weighted by atomic mass is 10.1. The lowest BCUT2D eigenvalue weighted by molar-refractivity contribution is 0.0281. The molecule has 0 N–H and O–H groups in total. The van der Waals surface area contributed by atoms with E-state index in [-0.39, 0.29) is 6.10 Å². The van der Waals surface area contributed by atoms with Gasteiger partial charge in [0.2, 0.25) is 5.13 Å². The number of halogens is 2. The predicted molar refractivity (Wildman–Crippen MR) is 101 cm³/mol.